The second kappa shape index (κ2) is 3.36. The van der Waals surface area contributed by atoms with Crippen LogP contribution in [0.25, 0.3) is 0 Å². The Hall–Kier alpha value is -1.69. The Kier molecular flexibility index (Phi) is 2.43. The van der Waals surface area contributed by atoms with Crippen LogP contribution >= 0.6 is 0 Å². The van der Waals surface area contributed by atoms with Crippen LogP contribution in [0.15, 0.2) is 12.1 Å². The molecule has 0 aliphatic heterocycles. The summed E-state index contributed by atoms with van der Waals surface area (Å²) in [7, 11) is 0. The summed E-state index contributed by atoms with van der Waals surface area (Å²) in [4.78, 5) is 10.9. The van der Waals surface area contributed by atoms with Crippen LogP contribution < -0.4 is 0 Å². The highest BCUT2D eigenvalue weighted by Gasteiger charge is 2.16. The Bertz CT molecular complexity index is 402. The van der Waals surface area contributed by atoms with E-state index in [1.807, 2.05) is 0 Å². The number of halogens is 2. The lowest BCUT2D eigenvalue weighted by atomic mass is 10.1. The van der Waals surface area contributed by atoms with Gasteiger partial charge >= 0.3 is 0 Å². The summed E-state index contributed by atoms with van der Waals surface area (Å²) >= 11 is 0. The Labute approximate surface area is 74.4 Å². The largest absolute Gasteiger partial charge is 0.279 e. The molecule has 0 atom stereocenters. The fourth-order valence-electron chi connectivity index (χ4n) is 0.937. The number of benzene rings is 1. The smallest absolute Gasteiger partial charge is 0.241 e. The van der Waals surface area contributed by atoms with Crippen molar-refractivity contribution in [1.82, 2.24) is 0 Å². The van der Waals surface area contributed by atoms with Gasteiger partial charge in [-0.2, -0.15) is 0 Å². The molecule has 0 N–H and O–H groups in total. The van der Waals surface area contributed by atoms with E-state index in [1.165, 1.54) is 13.0 Å². The number of hydrogen-bond acceptors (Lipinski definition) is 1. The van der Waals surface area contributed by atoms with E-state index in [4.69, 9.17) is 6.42 Å². The third-order valence-electron chi connectivity index (χ3n) is 1.64. The first-order valence-electron chi connectivity index (χ1n) is 3.53. The Morgan fingerprint density at radius 1 is 1.46 bits per heavy atom. The highest BCUT2D eigenvalue weighted by atomic mass is 19.1. The molecule has 13 heavy (non-hydrogen) atoms. The fourth-order valence-corrected chi connectivity index (χ4v) is 0.937. The van der Waals surface area contributed by atoms with E-state index in [2.05, 4.69) is 0 Å². The first kappa shape index (κ1) is 9.40. The molecule has 66 valence electrons. The van der Waals surface area contributed by atoms with E-state index in [9.17, 15) is 13.6 Å². The van der Waals surface area contributed by atoms with Gasteiger partial charge < -0.3 is 0 Å². The lowest BCUT2D eigenvalue weighted by molar-refractivity contribution is 0.104. The third-order valence-corrected chi connectivity index (χ3v) is 1.64. The maximum Gasteiger partial charge on any atom is 0.241 e. The third kappa shape index (κ3) is 1.57. The predicted molar refractivity (Wildman–Crippen MR) is 44.3 cm³/mol. The van der Waals surface area contributed by atoms with Crippen LogP contribution in [-0.4, -0.2) is 5.78 Å². The second-order valence-corrected chi connectivity index (χ2v) is 2.53. The molecule has 3 heteroatoms. The zero-order chi connectivity index (χ0) is 10.0. The highest BCUT2D eigenvalue weighted by molar-refractivity contribution is 6.09. The molecule has 0 aromatic heterocycles. The fraction of sp³-hybridized carbons (Fsp3) is 0.100. The maximum absolute atomic E-state index is 13.1. The average molecular weight is 180 g/mol. The Balaban J connectivity index is 3.44. The van der Waals surface area contributed by atoms with Crippen molar-refractivity contribution in [2.24, 2.45) is 0 Å². The lowest BCUT2D eigenvalue weighted by Gasteiger charge is -2.01. The van der Waals surface area contributed by atoms with Crippen LogP contribution in [0, 0.1) is 30.9 Å². The number of rotatable bonds is 1. The molecule has 0 saturated carbocycles. The number of ketones is 1. The van der Waals surface area contributed by atoms with Gasteiger partial charge in [-0.1, -0.05) is 6.07 Å². The zero-order valence-electron chi connectivity index (χ0n) is 6.90. The normalized spacial score (nSPS) is 9.38. The number of carbonyl (C=O) groups is 1. The molecule has 0 spiro atoms. The van der Waals surface area contributed by atoms with E-state index >= 15 is 0 Å². The molecular weight excluding hydrogens is 174 g/mol. The van der Waals surface area contributed by atoms with Gasteiger partial charge in [-0.3, -0.25) is 4.79 Å². The van der Waals surface area contributed by atoms with Crippen molar-refractivity contribution < 1.29 is 13.6 Å². The van der Waals surface area contributed by atoms with Crippen molar-refractivity contribution in [3.63, 3.8) is 0 Å². The minimum Gasteiger partial charge on any atom is -0.279 e. The molecule has 1 aromatic rings. The summed E-state index contributed by atoms with van der Waals surface area (Å²) in [6.07, 6.45) is 4.76. The molecule has 0 aliphatic carbocycles. The average Bonchev–Trinajstić information content (AvgIpc) is 2.12. The van der Waals surface area contributed by atoms with E-state index in [0.717, 1.165) is 6.07 Å². The summed E-state index contributed by atoms with van der Waals surface area (Å²) in [6, 6.07) is 2.26. The van der Waals surface area contributed by atoms with Gasteiger partial charge in [0.2, 0.25) is 5.78 Å². The SMILES string of the molecule is C#CC(=O)c1c(F)ccc(C)c1F. The second-order valence-electron chi connectivity index (χ2n) is 2.53. The molecule has 0 amide bonds. The van der Waals surface area contributed by atoms with Crippen molar-refractivity contribution in [2.45, 2.75) is 6.92 Å². The van der Waals surface area contributed by atoms with Crippen LogP contribution in [0.3, 0.4) is 0 Å². The summed E-state index contributed by atoms with van der Waals surface area (Å²) in [6.45, 7) is 1.43. The number of aryl methyl sites for hydroxylation is 1. The molecule has 1 aromatic carbocycles. The Morgan fingerprint density at radius 2 is 2.08 bits per heavy atom. The lowest BCUT2D eigenvalue weighted by Crippen LogP contribution is -2.04. The summed E-state index contributed by atoms with van der Waals surface area (Å²) < 4.78 is 26.1. The summed E-state index contributed by atoms with van der Waals surface area (Å²) in [5.41, 5.74) is -0.456. The van der Waals surface area contributed by atoms with Crippen LogP contribution in [0.5, 0.6) is 0 Å². The molecule has 0 aliphatic rings. The quantitative estimate of drug-likeness (QED) is 0.367. The Morgan fingerprint density at radius 3 is 2.62 bits per heavy atom. The zero-order valence-corrected chi connectivity index (χ0v) is 6.90. The van der Waals surface area contributed by atoms with Gasteiger partial charge in [0.15, 0.2) is 0 Å². The van der Waals surface area contributed by atoms with Crippen molar-refractivity contribution in [3.05, 3.63) is 34.9 Å². The molecule has 0 radical (unpaired) electrons. The minimum absolute atomic E-state index is 0.194. The number of hydrogen-bond donors (Lipinski definition) is 0. The summed E-state index contributed by atoms with van der Waals surface area (Å²) in [5, 5.41) is 0. The molecule has 0 bridgehead atoms. The molecule has 0 unspecified atom stereocenters. The van der Waals surface area contributed by atoms with Crippen LogP contribution in [0.2, 0.25) is 0 Å². The van der Waals surface area contributed by atoms with Crippen LogP contribution in [0.1, 0.15) is 15.9 Å². The van der Waals surface area contributed by atoms with E-state index in [1.54, 1.807) is 5.92 Å². The molecule has 0 fully saturated rings. The van der Waals surface area contributed by atoms with Crippen molar-refractivity contribution in [1.29, 1.82) is 0 Å². The van der Waals surface area contributed by atoms with Gasteiger partial charge in [0.25, 0.3) is 0 Å². The molecule has 0 saturated heterocycles. The van der Waals surface area contributed by atoms with Crippen molar-refractivity contribution in [3.8, 4) is 12.3 Å². The van der Waals surface area contributed by atoms with E-state index in [-0.39, 0.29) is 5.56 Å². The van der Waals surface area contributed by atoms with Crippen molar-refractivity contribution in [2.75, 3.05) is 0 Å². The predicted octanol–water partition coefficient (Wildman–Crippen LogP) is 2.09. The number of carbonyl (C=O) groups excluding carboxylic acids is 1. The highest BCUT2D eigenvalue weighted by Crippen LogP contribution is 2.16. The van der Waals surface area contributed by atoms with Gasteiger partial charge in [0.05, 0.1) is 0 Å². The first-order valence-corrected chi connectivity index (χ1v) is 3.53. The van der Waals surface area contributed by atoms with Gasteiger partial charge in [-0.15, -0.1) is 6.42 Å². The van der Waals surface area contributed by atoms with Crippen LogP contribution in [0.4, 0.5) is 8.78 Å². The topological polar surface area (TPSA) is 17.1 Å². The van der Waals surface area contributed by atoms with Crippen LogP contribution in [-0.2, 0) is 0 Å². The molecule has 0 heterocycles. The van der Waals surface area contributed by atoms with Gasteiger partial charge in [0.1, 0.15) is 17.2 Å². The standard InChI is InChI=1S/C10H6F2O/c1-3-8(13)9-7(11)5-4-6(2)10(9)12/h1,4-5H,2H3. The van der Waals surface area contributed by atoms with E-state index < -0.39 is 23.0 Å². The molecule has 1 rings (SSSR count). The number of terminal acetylenes is 1. The monoisotopic (exact) mass is 180 g/mol. The molecule has 1 nitrogen and oxygen atoms in total. The van der Waals surface area contributed by atoms with Gasteiger partial charge in [-0.25, -0.2) is 8.78 Å². The molecular formula is C10H6F2O. The van der Waals surface area contributed by atoms with Gasteiger partial charge in [-0.05, 0) is 24.5 Å². The maximum atomic E-state index is 13.1. The summed E-state index contributed by atoms with van der Waals surface area (Å²) in [5.74, 6) is -1.11. The van der Waals surface area contributed by atoms with Crippen molar-refractivity contribution >= 4 is 5.78 Å². The van der Waals surface area contributed by atoms with Gasteiger partial charge in [0, 0.05) is 0 Å². The number of Topliss-reactive ketones (excluding diaryl/α,β-unsaturated/α-hetero) is 1. The minimum atomic E-state index is -0.973. The first-order chi connectivity index (χ1) is 6.07. The van der Waals surface area contributed by atoms with E-state index in [0.29, 0.717) is 0 Å².